The molecule has 0 fully saturated rings. The van der Waals surface area contributed by atoms with Gasteiger partial charge in [0.1, 0.15) is 0 Å². The Balaban J connectivity index is 4.99. The zero-order valence-corrected chi connectivity index (χ0v) is 18.5. The fourth-order valence-corrected chi connectivity index (χ4v) is 8.68. The second kappa shape index (κ2) is 14.0. The van der Waals surface area contributed by atoms with Crippen LogP contribution >= 0.6 is 0 Å². The van der Waals surface area contributed by atoms with Crippen molar-refractivity contribution >= 4 is 9.05 Å². The van der Waals surface area contributed by atoms with E-state index in [2.05, 4.69) is 0 Å². The van der Waals surface area contributed by atoms with Crippen molar-refractivity contribution in [1.29, 1.82) is 0 Å². The summed E-state index contributed by atoms with van der Waals surface area (Å²) in [6, 6.07) is 0. The standard InChI is InChI=1S/C12H27O4Si.C2H5O.2H2O.Zr/c1-4-7-10-14-17(13,15-11-8-5-2)16-12-9-6-3;1-2-3;;;/h4-12H2,1-3H3;2H2,1H3;2*1H2;/q2*-1;;;+4/p-2. The first kappa shape index (κ1) is 23.8. The van der Waals surface area contributed by atoms with Crippen molar-refractivity contribution in [2.45, 2.75) is 66.2 Å². The second-order valence-electron chi connectivity index (χ2n) is 5.19. The number of hydrogen-bond acceptors (Lipinski definition) is 7. The number of hydrogen-bond donors (Lipinski definition) is 2. The summed E-state index contributed by atoms with van der Waals surface area (Å²) in [4.78, 5) is 0. The van der Waals surface area contributed by atoms with E-state index in [0.717, 1.165) is 38.5 Å². The van der Waals surface area contributed by atoms with Crippen molar-refractivity contribution in [1.82, 2.24) is 0 Å². The van der Waals surface area contributed by atoms with E-state index in [9.17, 15) is 6.37 Å². The molecule has 0 heterocycles. The van der Waals surface area contributed by atoms with E-state index in [1.165, 1.54) is 0 Å². The van der Waals surface area contributed by atoms with Crippen LogP contribution in [0.25, 0.3) is 0 Å². The Bertz CT molecular complexity index is 255. The van der Waals surface area contributed by atoms with Crippen LogP contribution in [0.3, 0.4) is 0 Å². The van der Waals surface area contributed by atoms with Crippen molar-refractivity contribution in [3.05, 3.63) is 0 Å². The molecular weight excluding hydrogens is 399 g/mol. The first-order valence-corrected chi connectivity index (χ1v) is 14.5. The molecule has 0 aromatic carbocycles. The molecular formula is C14H34O7SiZr. The molecule has 0 aromatic rings. The number of unbranched alkanes of at least 4 members (excludes halogenated alkanes) is 3. The summed E-state index contributed by atoms with van der Waals surface area (Å²) in [5, 5.41) is 0. The third-order valence-corrected chi connectivity index (χ3v) is 10.5. The topological polar surface area (TPSA) is 86.6 Å². The van der Waals surface area contributed by atoms with E-state index in [0.29, 0.717) is 19.8 Å². The average Bonchev–Trinajstić information content (AvgIpc) is 2.47. The molecule has 0 aromatic heterocycles. The van der Waals surface area contributed by atoms with E-state index in [-0.39, 0.29) is 6.61 Å². The Kier molecular flexibility index (Phi) is 14.5. The van der Waals surface area contributed by atoms with E-state index in [4.69, 9.17) is 18.6 Å². The fourth-order valence-electron chi connectivity index (χ4n) is 1.62. The molecule has 0 unspecified atom stereocenters. The van der Waals surface area contributed by atoms with Crippen LogP contribution in [0.5, 0.6) is 0 Å². The van der Waals surface area contributed by atoms with Gasteiger partial charge in [-0.3, -0.25) is 0 Å². The normalized spacial score (nSPS) is 12.8. The Labute approximate surface area is 148 Å². The average molecular weight is 434 g/mol. The molecule has 9 heteroatoms. The predicted molar refractivity (Wildman–Crippen MR) is 85.5 cm³/mol. The molecule has 140 valence electrons. The molecule has 0 aliphatic heterocycles. The monoisotopic (exact) mass is 432 g/mol. The first-order chi connectivity index (χ1) is 10.9. The molecule has 0 aliphatic carbocycles. The van der Waals surface area contributed by atoms with Gasteiger partial charge in [0.25, 0.3) is 0 Å². The molecule has 0 radical (unpaired) electrons. The van der Waals surface area contributed by atoms with Crippen molar-refractivity contribution < 1.29 is 47.0 Å². The van der Waals surface area contributed by atoms with E-state index in [1.54, 1.807) is 6.92 Å². The molecule has 0 bridgehead atoms. The van der Waals surface area contributed by atoms with Crippen LogP contribution in [0.4, 0.5) is 0 Å². The third-order valence-electron chi connectivity index (χ3n) is 2.92. The van der Waals surface area contributed by atoms with Gasteiger partial charge in [0.2, 0.25) is 0 Å². The van der Waals surface area contributed by atoms with Crippen LogP contribution in [0.1, 0.15) is 66.2 Å². The van der Waals surface area contributed by atoms with Gasteiger partial charge in [-0.05, 0) is 0 Å². The van der Waals surface area contributed by atoms with Gasteiger partial charge in [-0.2, -0.15) is 0 Å². The van der Waals surface area contributed by atoms with Crippen molar-refractivity contribution in [2.75, 3.05) is 26.4 Å². The van der Waals surface area contributed by atoms with Crippen LogP contribution in [-0.2, 0) is 40.6 Å². The Morgan fingerprint density at radius 2 is 1.13 bits per heavy atom. The first-order valence-electron chi connectivity index (χ1n) is 8.66. The van der Waals surface area contributed by atoms with Gasteiger partial charge in [0.15, 0.2) is 0 Å². The predicted octanol–water partition coefficient (Wildman–Crippen LogP) is 2.72. The van der Waals surface area contributed by atoms with Crippen molar-refractivity contribution in [3.63, 3.8) is 0 Å². The van der Waals surface area contributed by atoms with Crippen molar-refractivity contribution in [3.8, 4) is 0 Å². The van der Waals surface area contributed by atoms with Gasteiger partial charge in [-0.15, -0.1) is 0 Å². The Morgan fingerprint density at radius 3 is 1.43 bits per heavy atom. The van der Waals surface area contributed by atoms with Crippen LogP contribution in [0, 0.1) is 0 Å². The molecule has 23 heavy (non-hydrogen) atoms. The Hall–Kier alpha value is 0.820. The summed E-state index contributed by atoms with van der Waals surface area (Å²) in [5.74, 6) is 0. The van der Waals surface area contributed by atoms with Crippen LogP contribution in [-0.4, -0.2) is 41.8 Å². The summed E-state index contributed by atoms with van der Waals surface area (Å²) < 4.78 is 47.9. The van der Waals surface area contributed by atoms with Crippen LogP contribution < -0.4 is 0 Å². The van der Waals surface area contributed by atoms with Crippen LogP contribution in [0.2, 0.25) is 0 Å². The van der Waals surface area contributed by atoms with E-state index < -0.39 is 31.1 Å². The molecule has 0 atom stereocenters. The van der Waals surface area contributed by atoms with Gasteiger partial charge in [0, 0.05) is 0 Å². The van der Waals surface area contributed by atoms with Gasteiger partial charge >= 0.3 is 149 Å². The summed E-state index contributed by atoms with van der Waals surface area (Å²) in [6.07, 6.45) is 5.31. The molecule has 0 amide bonds. The van der Waals surface area contributed by atoms with Crippen LogP contribution in [0.15, 0.2) is 0 Å². The fraction of sp³-hybridized carbons (Fsp3) is 1.00. The zero-order valence-electron chi connectivity index (χ0n) is 15.0. The minimum atomic E-state index is -5.12. The minimum absolute atomic E-state index is 0.159. The van der Waals surface area contributed by atoms with Gasteiger partial charge < -0.3 is 0 Å². The third kappa shape index (κ3) is 11.9. The summed E-state index contributed by atoms with van der Waals surface area (Å²) in [7, 11) is -3.61. The van der Waals surface area contributed by atoms with Crippen molar-refractivity contribution in [2.24, 2.45) is 0 Å². The summed E-state index contributed by atoms with van der Waals surface area (Å²) in [6.45, 7) is 9.17. The molecule has 0 saturated carbocycles. The van der Waals surface area contributed by atoms with E-state index >= 15 is 0 Å². The maximum atomic E-state index is 10.0. The molecule has 2 N–H and O–H groups in total. The SMILES string of the molecule is CCCCO[Si](OCCCC)(OCCCC)[O][Zr]([OH])([OH])[O]CC. The zero-order chi connectivity index (χ0) is 17.6. The number of rotatable bonds is 16. The van der Waals surface area contributed by atoms with Gasteiger partial charge in [-0.25, -0.2) is 0 Å². The molecule has 0 spiro atoms. The maximum absolute atomic E-state index is 10.0. The Morgan fingerprint density at radius 1 is 0.739 bits per heavy atom. The molecule has 0 aliphatic rings. The summed E-state index contributed by atoms with van der Waals surface area (Å²) >= 11 is -5.12. The molecule has 7 nitrogen and oxygen atoms in total. The van der Waals surface area contributed by atoms with Gasteiger partial charge in [-0.1, -0.05) is 0 Å². The van der Waals surface area contributed by atoms with E-state index in [1.807, 2.05) is 20.8 Å². The summed E-state index contributed by atoms with van der Waals surface area (Å²) in [5.41, 5.74) is 0. The molecule has 0 saturated heterocycles. The molecule has 0 rings (SSSR count). The van der Waals surface area contributed by atoms with Gasteiger partial charge in [0.05, 0.1) is 0 Å². The quantitative estimate of drug-likeness (QED) is 0.286. The second-order valence-corrected chi connectivity index (χ2v) is 12.2.